The van der Waals surface area contributed by atoms with Gasteiger partial charge in [-0.05, 0) is 51.4 Å². The molecule has 1 aliphatic heterocycles. The molecule has 5 nitrogen and oxygen atoms in total. The molecule has 0 bridgehead atoms. The van der Waals surface area contributed by atoms with Gasteiger partial charge in [0.2, 0.25) is 5.91 Å². The van der Waals surface area contributed by atoms with Crippen LogP contribution in [0.25, 0.3) is 0 Å². The molecule has 1 amide bonds. The Balaban J connectivity index is 2.01. The molecule has 2 rings (SSSR count). The quantitative estimate of drug-likeness (QED) is 0.830. The molecule has 114 valence electrons. The minimum absolute atomic E-state index is 0.0756. The molecule has 0 spiro atoms. The summed E-state index contributed by atoms with van der Waals surface area (Å²) in [5, 5.41) is 12.4. The summed E-state index contributed by atoms with van der Waals surface area (Å²) in [6.07, 6.45) is 4.22. The summed E-state index contributed by atoms with van der Waals surface area (Å²) in [5.41, 5.74) is -1.05. The number of nitrogens with one attached hydrogen (secondary N) is 1. The fraction of sp³-hybridized carbons (Fsp3) is 0.867. The molecule has 1 saturated carbocycles. The van der Waals surface area contributed by atoms with Crippen LogP contribution in [-0.4, -0.2) is 35.2 Å². The summed E-state index contributed by atoms with van der Waals surface area (Å²) < 4.78 is 5.44. The van der Waals surface area contributed by atoms with Crippen LogP contribution in [0.1, 0.15) is 52.4 Å². The summed E-state index contributed by atoms with van der Waals surface area (Å²) in [5.74, 6) is -0.577. The zero-order valence-electron chi connectivity index (χ0n) is 12.4. The molecular formula is C15H25NO4. The number of carbonyl (C=O) groups is 2. The number of carboxylic acids is 1. The lowest BCUT2D eigenvalue weighted by atomic mass is 9.76. The van der Waals surface area contributed by atoms with Gasteiger partial charge in [-0.15, -0.1) is 0 Å². The maximum absolute atomic E-state index is 12.4. The van der Waals surface area contributed by atoms with Gasteiger partial charge < -0.3 is 15.2 Å². The first-order chi connectivity index (χ1) is 9.43. The first-order valence-electron chi connectivity index (χ1n) is 7.60. The molecule has 0 aromatic heterocycles. The van der Waals surface area contributed by atoms with E-state index in [1.165, 1.54) is 0 Å². The van der Waals surface area contributed by atoms with Crippen molar-refractivity contribution in [1.82, 2.24) is 5.32 Å². The molecule has 1 heterocycles. The van der Waals surface area contributed by atoms with Gasteiger partial charge in [-0.3, -0.25) is 4.79 Å². The van der Waals surface area contributed by atoms with Crippen molar-refractivity contribution in [2.75, 3.05) is 6.61 Å². The lowest BCUT2D eigenvalue weighted by molar-refractivity contribution is -0.151. The zero-order valence-corrected chi connectivity index (χ0v) is 12.4. The van der Waals surface area contributed by atoms with Gasteiger partial charge in [0.05, 0.1) is 6.10 Å². The second kappa shape index (κ2) is 6.12. The third kappa shape index (κ3) is 3.32. The molecule has 2 unspecified atom stereocenters. The van der Waals surface area contributed by atoms with Crippen molar-refractivity contribution in [2.24, 2.45) is 11.8 Å². The molecule has 20 heavy (non-hydrogen) atoms. The standard InChI is InChI=1S/C15H25NO4/c1-10-3-6-15(7-4-10,14(18)19)16-13(17)12-5-8-20-11(2)9-12/h10-12H,3-9H2,1-2H3,(H,16,17)(H,18,19). The van der Waals surface area contributed by atoms with Crippen molar-refractivity contribution in [2.45, 2.75) is 64.0 Å². The summed E-state index contributed by atoms with van der Waals surface area (Å²) in [7, 11) is 0. The Bertz CT molecular complexity index is 374. The van der Waals surface area contributed by atoms with E-state index in [-0.39, 0.29) is 17.9 Å². The highest BCUT2D eigenvalue weighted by Gasteiger charge is 2.43. The number of hydrogen-bond acceptors (Lipinski definition) is 3. The van der Waals surface area contributed by atoms with Crippen LogP contribution in [0.3, 0.4) is 0 Å². The van der Waals surface area contributed by atoms with Gasteiger partial charge in [0.1, 0.15) is 5.54 Å². The highest BCUT2D eigenvalue weighted by atomic mass is 16.5. The summed E-state index contributed by atoms with van der Waals surface area (Å²) >= 11 is 0. The molecule has 1 saturated heterocycles. The average Bonchev–Trinajstić information content (AvgIpc) is 2.41. The van der Waals surface area contributed by atoms with Gasteiger partial charge in [-0.1, -0.05) is 6.92 Å². The van der Waals surface area contributed by atoms with E-state index in [1.54, 1.807) is 0 Å². The fourth-order valence-electron chi connectivity index (χ4n) is 3.22. The summed E-state index contributed by atoms with van der Waals surface area (Å²) in [6.45, 7) is 4.67. The molecule has 5 heteroatoms. The maximum atomic E-state index is 12.4. The van der Waals surface area contributed by atoms with Crippen LogP contribution < -0.4 is 5.32 Å². The fourth-order valence-corrected chi connectivity index (χ4v) is 3.22. The van der Waals surface area contributed by atoms with E-state index in [0.29, 0.717) is 38.2 Å². The van der Waals surface area contributed by atoms with Crippen molar-refractivity contribution in [3.8, 4) is 0 Å². The molecular weight excluding hydrogens is 258 g/mol. The maximum Gasteiger partial charge on any atom is 0.329 e. The lowest BCUT2D eigenvalue weighted by Crippen LogP contribution is -2.58. The summed E-state index contributed by atoms with van der Waals surface area (Å²) in [4.78, 5) is 24.0. The van der Waals surface area contributed by atoms with E-state index in [4.69, 9.17) is 4.74 Å². The minimum atomic E-state index is -1.05. The van der Waals surface area contributed by atoms with E-state index in [9.17, 15) is 14.7 Å². The number of aliphatic carboxylic acids is 1. The molecule has 2 aliphatic rings. The van der Waals surface area contributed by atoms with Crippen molar-refractivity contribution in [1.29, 1.82) is 0 Å². The van der Waals surface area contributed by atoms with E-state index in [2.05, 4.69) is 12.2 Å². The van der Waals surface area contributed by atoms with E-state index in [0.717, 1.165) is 12.8 Å². The molecule has 0 aromatic carbocycles. The smallest absolute Gasteiger partial charge is 0.329 e. The Morgan fingerprint density at radius 1 is 1.20 bits per heavy atom. The topological polar surface area (TPSA) is 75.6 Å². The Kier molecular flexibility index (Phi) is 4.68. The van der Waals surface area contributed by atoms with Crippen molar-refractivity contribution < 1.29 is 19.4 Å². The van der Waals surface area contributed by atoms with Gasteiger partial charge in [-0.2, -0.15) is 0 Å². The molecule has 2 N–H and O–H groups in total. The first-order valence-corrected chi connectivity index (χ1v) is 7.60. The Hall–Kier alpha value is -1.10. The second-order valence-electron chi connectivity index (χ2n) is 6.46. The number of carboxylic acid groups (broad SMARTS) is 1. The van der Waals surface area contributed by atoms with Gasteiger partial charge in [0.25, 0.3) is 0 Å². The normalized spacial score (nSPS) is 38.2. The highest BCUT2D eigenvalue weighted by Crippen LogP contribution is 2.33. The van der Waals surface area contributed by atoms with Crippen LogP contribution in [0.2, 0.25) is 0 Å². The van der Waals surface area contributed by atoms with Crippen LogP contribution in [0.5, 0.6) is 0 Å². The predicted molar refractivity (Wildman–Crippen MR) is 74.3 cm³/mol. The number of ether oxygens (including phenoxy) is 1. The molecule has 0 radical (unpaired) electrons. The van der Waals surface area contributed by atoms with E-state index < -0.39 is 11.5 Å². The highest BCUT2D eigenvalue weighted by molar-refractivity contribution is 5.88. The monoisotopic (exact) mass is 283 g/mol. The Morgan fingerprint density at radius 2 is 1.85 bits per heavy atom. The number of amides is 1. The van der Waals surface area contributed by atoms with Crippen LogP contribution in [0.4, 0.5) is 0 Å². The van der Waals surface area contributed by atoms with Crippen LogP contribution in [0.15, 0.2) is 0 Å². The molecule has 2 fully saturated rings. The first kappa shape index (κ1) is 15.3. The minimum Gasteiger partial charge on any atom is -0.480 e. The van der Waals surface area contributed by atoms with E-state index in [1.807, 2.05) is 6.92 Å². The van der Waals surface area contributed by atoms with E-state index >= 15 is 0 Å². The number of carbonyl (C=O) groups excluding carboxylic acids is 1. The lowest BCUT2D eigenvalue weighted by Gasteiger charge is -2.38. The third-order valence-electron chi connectivity index (χ3n) is 4.76. The Morgan fingerprint density at radius 3 is 2.40 bits per heavy atom. The van der Waals surface area contributed by atoms with Gasteiger partial charge in [0, 0.05) is 12.5 Å². The van der Waals surface area contributed by atoms with Crippen LogP contribution in [-0.2, 0) is 14.3 Å². The van der Waals surface area contributed by atoms with Crippen LogP contribution >= 0.6 is 0 Å². The molecule has 2 atom stereocenters. The zero-order chi connectivity index (χ0) is 14.8. The number of hydrogen-bond donors (Lipinski definition) is 2. The summed E-state index contributed by atoms with van der Waals surface area (Å²) in [6, 6.07) is 0. The van der Waals surface area contributed by atoms with Gasteiger partial charge in [-0.25, -0.2) is 4.79 Å². The SMILES string of the molecule is CC1CCC(NC(=O)C2CCOC(C)C2)(C(=O)O)CC1. The third-order valence-corrected chi connectivity index (χ3v) is 4.76. The predicted octanol–water partition coefficient (Wildman–Crippen LogP) is 1.95. The molecule has 0 aromatic rings. The van der Waals surface area contributed by atoms with Gasteiger partial charge in [0.15, 0.2) is 0 Å². The van der Waals surface area contributed by atoms with Crippen molar-refractivity contribution in [3.63, 3.8) is 0 Å². The van der Waals surface area contributed by atoms with Crippen molar-refractivity contribution >= 4 is 11.9 Å². The van der Waals surface area contributed by atoms with Gasteiger partial charge >= 0.3 is 5.97 Å². The number of rotatable bonds is 3. The van der Waals surface area contributed by atoms with Crippen LogP contribution in [0, 0.1) is 11.8 Å². The van der Waals surface area contributed by atoms with Crippen molar-refractivity contribution in [3.05, 3.63) is 0 Å². The second-order valence-corrected chi connectivity index (χ2v) is 6.46. The average molecular weight is 283 g/mol. The molecule has 1 aliphatic carbocycles. The Labute approximate surface area is 120 Å². The largest absolute Gasteiger partial charge is 0.480 e.